The number of hydrogen-bond acceptors (Lipinski definition) is 2. The lowest BCUT2D eigenvalue weighted by molar-refractivity contribution is 0.0697. The molecule has 1 aliphatic carbocycles. The zero-order valence-electron chi connectivity index (χ0n) is 11.1. The van der Waals surface area contributed by atoms with Crippen LogP contribution in [-0.4, -0.2) is 21.3 Å². The van der Waals surface area contributed by atoms with E-state index in [1.165, 1.54) is 18.4 Å². The van der Waals surface area contributed by atoms with E-state index in [1.807, 2.05) is 6.07 Å². The van der Waals surface area contributed by atoms with Gasteiger partial charge in [0.05, 0.1) is 16.8 Å². The van der Waals surface area contributed by atoms with Crippen LogP contribution in [0.25, 0.3) is 10.9 Å². The Morgan fingerprint density at radius 3 is 2.79 bits per heavy atom. The summed E-state index contributed by atoms with van der Waals surface area (Å²) >= 11 is 0. The van der Waals surface area contributed by atoms with Crippen LogP contribution in [0.2, 0.25) is 0 Å². The van der Waals surface area contributed by atoms with E-state index in [1.54, 1.807) is 6.07 Å². The first kappa shape index (κ1) is 12.2. The molecule has 1 aliphatic rings. The number of benzene rings is 1. The number of aromatic amines is 1. The molecule has 2 N–H and O–H groups in total. The van der Waals surface area contributed by atoms with Gasteiger partial charge in [-0.2, -0.15) is 5.10 Å². The van der Waals surface area contributed by atoms with Crippen LogP contribution >= 0.6 is 0 Å². The quantitative estimate of drug-likeness (QED) is 0.885. The van der Waals surface area contributed by atoms with Crippen LogP contribution < -0.4 is 0 Å². The Hall–Kier alpha value is -1.84. The molecule has 0 atom stereocenters. The fraction of sp³-hybridized carbons (Fsp3) is 0.467. The predicted octanol–water partition coefficient (Wildman–Crippen LogP) is 3.48. The van der Waals surface area contributed by atoms with E-state index in [9.17, 15) is 9.90 Å². The molecule has 0 amide bonds. The Morgan fingerprint density at radius 2 is 2.16 bits per heavy atom. The highest BCUT2D eigenvalue weighted by molar-refractivity contribution is 5.95. The highest BCUT2D eigenvalue weighted by atomic mass is 16.4. The Bertz CT molecular complexity index is 624. The number of carboxylic acids is 1. The molecule has 2 aromatic rings. The van der Waals surface area contributed by atoms with E-state index >= 15 is 0 Å². The Balaban J connectivity index is 2.24. The van der Waals surface area contributed by atoms with Gasteiger partial charge in [0, 0.05) is 5.39 Å². The number of nitrogens with zero attached hydrogens (tertiary/aromatic N) is 1. The van der Waals surface area contributed by atoms with Gasteiger partial charge in [0.1, 0.15) is 0 Å². The lowest BCUT2D eigenvalue weighted by Crippen LogP contribution is -2.01. The van der Waals surface area contributed by atoms with E-state index in [0.29, 0.717) is 11.5 Å². The third kappa shape index (κ3) is 2.01. The molecular formula is C15H18N2O2. The van der Waals surface area contributed by atoms with Crippen LogP contribution in [-0.2, 0) is 6.42 Å². The van der Waals surface area contributed by atoms with Gasteiger partial charge in [-0.3, -0.25) is 5.10 Å². The van der Waals surface area contributed by atoms with Crippen LogP contribution in [0.15, 0.2) is 12.1 Å². The number of aryl methyl sites for hydroxylation is 1. The number of H-pyrrole nitrogens is 1. The van der Waals surface area contributed by atoms with E-state index in [0.717, 1.165) is 35.9 Å². The molecular weight excluding hydrogens is 240 g/mol. The smallest absolute Gasteiger partial charge is 0.335 e. The molecule has 1 aromatic carbocycles. The summed E-state index contributed by atoms with van der Waals surface area (Å²) in [4.78, 5) is 11.3. The molecule has 1 aromatic heterocycles. The molecule has 3 rings (SSSR count). The normalized spacial score (nSPS) is 16.3. The van der Waals surface area contributed by atoms with Crippen molar-refractivity contribution in [3.63, 3.8) is 0 Å². The number of aromatic carboxylic acids is 1. The Labute approximate surface area is 111 Å². The summed E-state index contributed by atoms with van der Waals surface area (Å²) in [5.74, 6) is -0.376. The van der Waals surface area contributed by atoms with Gasteiger partial charge in [-0.05, 0) is 42.9 Å². The van der Waals surface area contributed by atoms with Gasteiger partial charge in [-0.25, -0.2) is 4.79 Å². The number of hydrogen-bond donors (Lipinski definition) is 2. The number of fused-ring (bicyclic) bond motifs is 1. The van der Waals surface area contributed by atoms with Gasteiger partial charge in [0.15, 0.2) is 0 Å². The lowest BCUT2D eigenvalue weighted by Gasteiger charge is -2.13. The molecule has 1 heterocycles. The molecule has 19 heavy (non-hydrogen) atoms. The summed E-state index contributed by atoms with van der Waals surface area (Å²) in [6, 6.07) is 3.55. The minimum Gasteiger partial charge on any atom is -0.478 e. The minimum absolute atomic E-state index is 0.362. The molecule has 0 bridgehead atoms. The van der Waals surface area contributed by atoms with Crippen molar-refractivity contribution in [3.8, 4) is 0 Å². The maximum absolute atomic E-state index is 11.3. The molecule has 4 heteroatoms. The van der Waals surface area contributed by atoms with Gasteiger partial charge < -0.3 is 5.11 Å². The van der Waals surface area contributed by atoms with Crippen LogP contribution in [0.5, 0.6) is 0 Å². The van der Waals surface area contributed by atoms with E-state index in [2.05, 4.69) is 17.1 Å². The fourth-order valence-corrected chi connectivity index (χ4v) is 3.20. The van der Waals surface area contributed by atoms with Crippen LogP contribution in [0, 0.1) is 0 Å². The summed E-state index contributed by atoms with van der Waals surface area (Å²) in [7, 11) is 0. The number of carboxylic acid groups (broad SMARTS) is 1. The standard InChI is InChI=1S/C15H18N2O2/c1-2-12-14-11(9-5-3-4-6-9)7-10(15(18)19)8-13(14)17-16-12/h7-9H,2-6H2,1H3,(H,16,17)(H,18,19). The summed E-state index contributed by atoms with van der Waals surface area (Å²) in [6.07, 6.45) is 5.66. The zero-order valence-corrected chi connectivity index (χ0v) is 11.1. The predicted molar refractivity (Wildman–Crippen MR) is 73.6 cm³/mol. The number of aromatic nitrogens is 2. The minimum atomic E-state index is -0.867. The molecule has 0 radical (unpaired) electrons. The molecule has 0 aliphatic heterocycles. The van der Waals surface area contributed by atoms with Crippen molar-refractivity contribution >= 4 is 16.9 Å². The SMILES string of the molecule is CCc1n[nH]c2cc(C(=O)O)cc(C3CCCC3)c12. The van der Waals surface area contributed by atoms with Gasteiger partial charge in [0.25, 0.3) is 0 Å². The molecule has 0 spiro atoms. The second kappa shape index (κ2) is 4.68. The number of nitrogens with one attached hydrogen (secondary N) is 1. The lowest BCUT2D eigenvalue weighted by atomic mass is 9.91. The van der Waals surface area contributed by atoms with Gasteiger partial charge in [0.2, 0.25) is 0 Å². The van der Waals surface area contributed by atoms with Crippen molar-refractivity contribution in [2.24, 2.45) is 0 Å². The molecule has 0 unspecified atom stereocenters. The molecule has 100 valence electrons. The van der Waals surface area contributed by atoms with Gasteiger partial charge in [-0.15, -0.1) is 0 Å². The fourth-order valence-electron chi connectivity index (χ4n) is 3.20. The van der Waals surface area contributed by atoms with Gasteiger partial charge >= 0.3 is 5.97 Å². The molecule has 0 saturated heterocycles. The van der Waals surface area contributed by atoms with Crippen LogP contribution in [0.4, 0.5) is 0 Å². The van der Waals surface area contributed by atoms with E-state index < -0.39 is 5.97 Å². The average Bonchev–Trinajstić information content (AvgIpc) is 3.06. The van der Waals surface area contributed by atoms with Crippen molar-refractivity contribution < 1.29 is 9.90 Å². The topological polar surface area (TPSA) is 66.0 Å². The maximum Gasteiger partial charge on any atom is 0.335 e. The first-order valence-electron chi connectivity index (χ1n) is 6.95. The third-order valence-electron chi connectivity index (χ3n) is 4.15. The van der Waals surface area contributed by atoms with Crippen molar-refractivity contribution in [1.82, 2.24) is 10.2 Å². The van der Waals surface area contributed by atoms with Crippen molar-refractivity contribution in [3.05, 3.63) is 29.0 Å². The molecule has 1 fully saturated rings. The summed E-state index contributed by atoms with van der Waals surface area (Å²) in [6.45, 7) is 2.08. The zero-order chi connectivity index (χ0) is 13.4. The highest BCUT2D eigenvalue weighted by Gasteiger charge is 2.23. The summed E-state index contributed by atoms with van der Waals surface area (Å²) in [5, 5.41) is 17.7. The maximum atomic E-state index is 11.3. The Morgan fingerprint density at radius 1 is 1.42 bits per heavy atom. The van der Waals surface area contributed by atoms with Crippen molar-refractivity contribution in [2.45, 2.75) is 44.9 Å². The highest BCUT2D eigenvalue weighted by Crippen LogP contribution is 2.39. The molecule has 1 saturated carbocycles. The van der Waals surface area contributed by atoms with Crippen molar-refractivity contribution in [2.75, 3.05) is 0 Å². The first-order valence-corrected chi connectivity index (χ1v) is 6.95. The van der Waals surface area contributed by atoms with E-state index in [4.69, 9.17) is 0 Å². The van der Waals surface area contributed by atoms with Crippen LogP contribution in [0.3, 0.4) is 0 Å². The second-order valence-electron chi connectivity index (χ2n) is 5.30. The third-order valence-corrected chi connectivity index (χ3v) is 4.15. The number of rotatable bonds is 3. The molecule has 4 nitrogen and oxygen atoms in total. The van der Waals surface area contributed by atoms with Gasteiger partial charge in [-0.1, -0.05) is 19.8 Å². The summed E-state index contributed by atoms with van der Waals surface area (Å²) in [5.41, 5.74) is 3.45. The second-order valence-corrected chi connectivity index (χ2v) is 5.30. The Kier molecular flexibility index (Phi) is 3.01. The number of carbonyl (C=O) groups is 1. The van der Waals surface area contributed by atoms with Crippen molar-refractivity contribution in [1.29, 1.82) is 0 Å². The first-order chi connectivity index (χ1) is 9.20. The average molecular weight is 258 g/mol. The largest absolute Gasteiger partial charge is 0.478 e. The van der Waals surface area contributed by atoms with E-state index in [-0.39, 0.29) is 0 Å². The summed E-state index contributed by atoms with van der Waals surface area (Å²) < 4.78 is 0. The van der Waals surface area contributed by atoms with Crippen LogP contribution in [0.1, 0.15) is 60.1 Å². The monoisotopic (exact) mass is 258 g/mol.